The first kappa shape index (κ1) is 16.3. The summed E-state index contributed by atoms with van der Waals surface area (Å²) in [6, 6.07) is 9.53. The number of imidazole rings is 1. The van der Waals surface area contributed by atoms with Crippen molar-refractivity contribution >= 4 is 39.8 Å². The zero-order valence-electron chi connectivity index (χ0n) is 14.2. The van der Waals surface area contributed by atoms with E-state index < -0.39 is 0 Å². The minimum Gasteiger partial charge on any atom is -0.303 e. The number of fused-ring (bicyclic) bond motifs is 3. The Morgan fingerprint density at radius 2 is 1.85 bits per heavy atom. The van der Waals surface area contributed by atoms with Gasteiger partial charge in [0.15, 0.2) is 0 Å². The van der Waals surface area contributed by atoms with Crippen LogP contribution >= 0.6 is 23.2 Å². The minimum absolute atomic E-state index is 0.579. The normalized spacial score (nSPS) is 11.5. The van der Waals surface area contributed by atoms with Gasteiger partial charge in [0.25, 0.3) is 0 Å². The summed E-state index contributed by atoms with van der Waals surface area (Å²) < 4.78 is 2.04. The van der Waals surface area contributed by atoms with Gasteiger partial charge >= 0.3 is 0 Å². The molecular formula is C20H13Cl2N5. The predicted octanol–water partition coefficient (Wildman–Crippen LogP) is 5.55. The number of aromatic amines is 1. The van der Waals surface area contributed by atoms with E-state index in [0.717, 1.165) is 44.6 Å². The quantitative estimate of drug-likeness (QED) is 0.427. The van der Waals surface area contributed by atoms with Crippen LogP contribution in [0.4, 0.5) is 0 Å². The molecule has 0 aliphatic rings. The van der Waals surface area contributed by atoms with Crippen molar-refractivity contribution in [2.24, 2.45) is 0 Å². The Balaban J connectivity index is 1.82. The number of pyridine rings is 2. The molecule has 27 heavy (non-hydrogen) atoms. The third-order valence-corrected chi connectivity index (χ3v) is 5.35. The molecule has 0 aliphatic heterocycles. The van der Waals surface area contributed by atoms with Gasteiger partial charge < -0.3 is 4.40 Å². The molecule has 7 heteroatoms. The van der Waals surface area contributed by atoms with E-state index in [2.05, 4.69) is 21.2 Å². The fraction of sp³-hybridized carbons (Fsp3) is 0.0500. The van der Waals surface area contributed by atoms with E-state index in [1.165, 1.54) is 0 Å². The van der Waals surface area contributed by atoms with Crippen molar-refractivity contribution in [3.05, 3.63) is 70.9 Å². The van der Waals surface area contributed by atoms with Gasteiger partial charge in [-0.2, -0.15) is 5.10 Å². The molecule has 1 aromatic carbocycles. The molecule has 0 aliphatic carbocycles. The van der Waals surface area contributed by atoms with E-state index in [0.29, 0.717) is 10.0 Å². The van der Waals surface area contributed by atoms with Gasteiger partial charge in [-0.3, -0.25) is 10.1 Å². The predicted molar refractivity (Wildman–Crippen MR) is 108 cm³/mol. The van der Waals surface area contributed by atoms with Crippen molar-refractivity contribution in [3.8, 4) is 22.4 Å². The van der Waals surface area contributed by atoms with E-state index >= 15 is 0 Å². The van der Waals surface area contributed by atoms with Crippen molar-refractivity contribution in [2.45, 2.75) is 6.92 Å². The maximum atomic E-state index is 6.42. The van der Waals surface area contributed by atoms with Gasteiger partial charge in [0.2, 0.25) is 0 Å². The van der Waals surface area contributed by atoms with E-state index in [-0.39, 0.29) is 0 Å². The smallest absolute Gasteiger partial charge is 0.147 e. The molecule has 0 atom stereocenters. The second-order valence-corrected chi connectivity index (χ2v) is 7.11. The highest BCUT2D eigenvalue weighted by molar-refractivity contribution is 6.39. The fourth-order valence-corrected chi connectivity index (χ4v) is 3.92. The van der Waals surface area contributed by atoms with Crippen LogP contribution in [0, 0.1) is 6.92 Å². The largest absolute Gasteiger partial charge is 0.303 e. The molecule has 4 heterocycles. The Kier molecular flexibility index (Phi) is 3.67. The third kappa shape index (κ3) is 2.51. The molecule has 0 bridgehead atoms. The Labute approximate surface area is 164 Å². The van der Waals surface area contributed by atoms with Crippen LogP contribution in [0.15, 0.2) is 55.1 Å². The van der Waals surface area contributed by atoms with Crippen LogP contribution in [-0.2, 0) is 0 Å². The third-order valence-electron chi connectivity index (χ3n) is 4.72. The monoisotopic (exact) mass is 393 g/mol. The van der Waals surface area contributed by atoms with Crippen LogP contribution in [0.2, 0.25) is 10.0 Å². The number of hydrogen-bond acceptors (Lipinski definition) is 3. The summed E-state index contributed by atoms with van der Waals surface area (Å²) >= 11 is 12.8. The number of nitrogens with zero attached hydrogens (tertiary/aromatic N) is 4. The molecule has 5 aromatic rings. The summed E-state index contributed by atoms with van der Waals surface area (Å²) in [5.41, 5.74) is 6.12. The molecule has 5 nitrogen and oxygen atoms in total. The van der Waals surface area contributed by atoms with Crippen LogP contribution in [0.5, 0.6) is 0 Å². The molecule has 5 rings (SSSR count). The number of halogens is 2. The van der Waals surface area contributed by atoms with Gasteiger partial charge in [0.05, 0.1) is 27.5 Å². The lowest BCUT2D eigenvalue weighted by Crippen LogP contribution is -1.91. The van der Waals surface area contributed by atoms with Gasteiger partial charge in [0, 0.05) is 46.4 Å². The number of aromatic nitrogens is 5. The van der Waals surface area contributed by atoms with Crippen LogP contribution < -0.4 is 0 Å². The van der Waals surface area contributed by atoms with Crippen LogP contribution in [0.1, 0.15) is 5.69 Å². The van der Waals surface area contributed by atoms with Crippen molar-refractivity contribution in [1.82, 2.24) is 24.6 Å². The first-order chi connectivity index (χ1) is 13.1. The molecule has 0 saturated carbocycles. The lowest BCUT2D eigenvalue weighted by Gasteiger charge is -2.05. The molecule has 0 fully saturated rings. The number of benzene rings is 1. The molecule has 0 spiro atoms. The average Bonchev–Trinajstić information content (AvgIpc) is 3.31. The van der Waals surface area contributed by atoms with E-state index in [9.17, 15) is 0 Å². The first-order valence-corrected chi connectivity index (χ1v) is 9.10. The maximum absolute atomic E-state index is 6.42. The Bertz CT molecular complexity index is 1290. The number of aryl methyl sites for hydroxylation is 1. The highest BCUT2D eigenvalue weighted by Crippen LogP contribution is 2.37. The van der Waals surface area contributed by atoms with Gasteiger partial charge in [-0.05, 0) is 31.2 Å². The standard InChI is InChI=1S/C20H13Cl2N5/c1-11-19(18-15(21)3-2-4-16(18)22)26-20-14-7-12(13-9-24-25-10-13)8-23-17(14)5-6-27(11)20/h2-10H,1H3,(H,24,25). The van der Waals surface area contributed by atoms with Crippen molar-refractivity contribution in [2.75, 3.05) is 0 Å². The lowest BCUT2D eigenvalue weighted by molar-refractivity contribution is 1.09. The van der Waals surface area contributed by atoms with Crippen molar-refractivity contribution < 1.29 is 0 Å². The fourth-order valence-electron chi connectivity index (χ4n) is 3.35. The molecule has 0 saturated heterocycles. The second kappa shape index (κ2) is 6.08. The summed E-state index contributed by atoms with van der Waals surface area (Å²) in [4.78, 5) is 9.47. The van der Waals surface area contributed by atoms with Gasteiger partial charge in [-0.1, -0.05) is 29.3 Å². The molecule has 0 radical (unpaired) electrons. The molecular weight excluding hydrogens is 381 g/mol. The zero-order valence-corrected chi connectivity index (χ0v) is 15.8. The molecule has 0 unspecified atom stereocenters. The molecule has 0 amide bonds. The van der Waals surface area contributed by atoms with Gasteiger partial charge in [0.1, 0.15) is 5.65 Å². The average molecular weight is 394 g/mol. The minimum atomic E-state index is 0.579. The topological polar surface area (TPSA) is 58.9 Å². The number of H-pyrrole nitrogens is 1. The summed E-state index contributed by atoms with van der Waals surface area (Å²) in [5, 5.41) is 8.96. The highest BCUT2D eigenvalue weighted by Gasteiger charge is 2.18. The summed E-state index contributed by atoms with van der Waals surface area (Å²) in [6.07, 6.45) is 7.42. The molecule has 1 N–H and O–H groups in total. The Hall–Kier alpha value is -2.89. The second-order valence-electron chi connectivity index (χ2n) is 6.30. The van der Waals surface area contributed by atoms with Crippen LogP contribution in [-0.4, -0.2) is 24.6 Å². The SMILES string of the molecule is Cc1c(-c2c(Cl)cccc2Cl)nc2c3cc(-c4cn[nH]c4)cnc3ccn12. The molecule has 132 valence electrons. The summed E-state index contributed by atoms with van der Waals surface area (Å²) in [7, 11) is 0. The Morgan fingerprint density at radius 1 is 1.04 bits per heavy atom. The number of nitrogens with one attached hydrogen (secondary N) is 1. The van der Waals surface area contributed by atoms with Crippen molar-refractivity contribution in [3.63, 3.8) is 0 Å². The maximum Gasteiger partial charge on any atom is 0.147 e. The number of rotatable bonds is 2. The Morgan fingerprint density at radius 3 is 2.59 bits per heavy atom. The number of hydrogen-bond donors (Lipinski definition) is 1. The highest BCUT2D eigenvalue weighted by atomic mass is 35.5. The first-order valence-electron chi connectivity index (χ1n) is 8.34. The summed E-state index contributed by atoms with van der Waals surface area (Å²) in [6.45, 7) is 2.01. The van der Waals surface area contributed by atoms with Crippen LogP contribution in [0.25, 0.3) is 38.9 Å². The van der Waals surface area contributed by atoms with E-state index in [4.69, 9.17) is 28.2 Å². The van der Waals surface area contributed by atoms with Crippen LogP contribution in [0.3, 0.4) is 0 Å². The van der Waals surface area contributed by atoms with E-state index in [1.54, 1.807) is 6.20 Å². The van der Waals surface area contributed by atoms with E-state index in [1.807, 2.05) is 54.2 Å². The molecule has 4 aromatic heterocycles. The summed E-state index contributed by atoms with van der Waals surface area (Å²) in [5.74, 6) is 0. The lowest BCUT2D eigenvalue weighted by atomic mass is 10.1. The van der Waals surface area contributed by atoms with Crippen molar-refractivity contribution in [1.29, 1.82) is 0 Å². The zero-order chi connectivity index (χ0) is 18.5. The van der Waals surface area contributed by atoms with Gasteiger partial charge in [-0.25, -0.2) is 4.98 Å². The van der Waals surface area contributed by atoms with Gasteiger partial charge in [-0.15, -0.1) is 0 Å².